The molecular formula is C14H14BrN3O2. The van der Waals surface area contributed by atoms with Gasteiger partial charge in [-0.2, -0.15) is 5.10 Å². The number of benzene rings is 1. The molecule has 0 atom stereocenters. The number of carbonyl (C=O) groups excluding carboxylic acids is 1. The first-order valence-corrected chi connectivity index (χ1v) is 6.72. The van der Waals surface area contributed by atoms with Gasteiger partial charge in [-0.25, -0.2) is 0 Å². The van der Waals surface area contributed by atoms with Crippen molar-refractivity contribution in [2.24, 2.45) is 0 Å². The van der Waals surface area contributed by atoms with Crippen LogP contribution in [0.5, 0.6) is 5.75 Å². The Balaban J connectivity index is 2.11. The maximum absolute atomic E-state index is 11.8. The van der Waals surface area contributed by atoms with E-state index in [-0.39, 0.29) is 5.91 Å². The zero-order valence-corrected chi connectivity index (χ0v) is 12.7. The van der Waals surface area contributed by atoms with Crippen molar-refractivity contribution in [1.82, 2.24) is 10.2 Å². The maximum Gasteiger partial charge on any atom is 0.249 e. The summed E-state index contributed by atoms with van der Waals surface area (Å²) in [5.41, 5.74) is 1.70. The summed E-state index contributed by atoms with van der Waals surface area (Å²) in [4.78, 5) is 11.8. The zero-order chi connectivity index (χ0) is 14.5. The van der Waals surface area contributed by atoms with Gasteiger partial charge in [-0.15, -0.1) is 0 Å². The van der Waals surface area contributed by atoms with Crippen LogP contribution in [0.4, 0.5) is 5.82 Å². The lowest BCUT2D eigenvalue weighted by atomic mass is 10.2. The molecule has 0 spiro atoms. The Labute approximate surface area is 125 Å². The fourth-order valence-corrected chi connectivity index (χ4v) is 2.02. The number of aromatic nitrogens is 2. The van der Waals surface area contributed by atoms with Gasteiger partial charge < -0.3 is 10.1 Å². The average Bonchev–Trinajstić information content (AvgIpc) is 2.82. The van der Waals surface area contributed by atoms with Crippen molar-refractivity contribution < 1.29 is 9.53 Å². The number of nitrogens with zero attached hydrogens (tertiary/aromatic N) is 1. The van der Waals surface area contributed by atoms with Crippen LogP contribution in [0.15, 0.2) is 34.9 Å². The summed E-state index contributed by atoms with van der Waals surface area (Å²) >= 11 is 3.39. The molecule has 0 aliphatic heterocycles. The van der Waals surface area contributed by atoms with E-state index in [0.717, 1.165) is 15.6 Å². The lowest BCUT2D eigenvalue weighted by molar-refractivity contribution is -0.111. The topological polar surface area (TPSA) is 67.0 Å². The fraction of sp³-hybridized carbons (Fsp3) is 0.143. The van der Waals surface area contributed by atoms with Crippen molar-refractivity contribution >= 4 is 33.7 Å². The third-order valence-corrected chi connectivity index (χ3v) is 3.18. The highest BCUT2D eigenvalue weighted by Crippen LogP contribution is 2.24. The molecule has 0 unspecified atom stereocenters. The summed E-state index contributed by atoms with van der Waals surface area (Å²) in [6.45, 7) is 1.86. The maximum atomic E-state index is 11.8. The largest absolute Gasteiger partial charge is 0.496 e. The molecule has 0 radical (unpaired) electrons. The van der Waals surface area contributed by atoms with Gasteiger partial charge >= 0.3 is 0 Å². The molecule has 2 aromatic rings. The molecule has 1 aromatic carbocycles. The Morgan fingerprint density at radius 2 is 2.30 bits per heavy atom. The van der Waals surface area contributed by atoms with E-state index >= 15 is 0 Å². The van der Waals surface area contributed by atoms with Gasteiger partial charge in [0.1, 0.15) is 11.6 Å². The highest BCUT2D eigenvalue weighted by atomic mass is 79.9. The van der Waals surface area contributed by atoms with E-state index in [1.54, 1.807) is 19.4 Å². The number of amides is 1. The number of anilines is 1. The van der Waals surface area contributed by atoms with E-state index in [1.165, 1.54) is 6.08 Å². The normalized spacial score (nSPS) is 10.8. The Bertz CT molecular complexity index is 650. The lowest BCUT2D eigenvalue weighted by Crippen LogP contribution is -2.09. The van der Waals surface area contributed by atoms with Crippen molar-refractivity contribution in [3.05, 3.63) is 46.1 Å². The number of H-pyrrole nitrogens is 1. The average molecular weight is 336 g/mol. The molecule has 2 N–H and O–H groups in total. The molecule has 0 aliphatic carbocycles. The summed E-state index contributed by atoms with van der Waals surface area (Å²) in [5.74, 6) is 1.07. The second-order valence-corrected chi connectivity index (χ2v) is 5.05. The Morgan fingerprint density at radius 3 is 2.95 bits per heavy atom. The van der Waals surface area contributed by atoms with Gasteiger partial charge in [0.2, 0.25) is 5.91 Å². The molecule has 5 nitrogen and oxygen atoms in total. The van der Waals surface area contributed by atoms with Gasteiger partial charge in [-0.05, 0) is 31.2 Å². The van der Waals surface area contributed by atoms with E-state index in [2.05, 4.69) is 31.4 Å². The Kier molecular flexibility index (Phi) is 4.57. The van der Waals surface area contributed by atoms with Gasteiger partial charge in [-0.1, -0.05) is 15.9 Å². The number of carbonyl (C=O) groups is 1. The summed E-state index contributed by atoms with van der Waals surface area (Å²) in [7, 11) is 1.59. The van der Waals surface area contributed by atoms with Crippen LogP contribution in [-0.2, 0) is 4.79 Å². The third-order valence-electron chi connectivity index (χ3n) is 2.68. The molecule has 0 bridgehead atoms. The van der Waals surface area contributed by atoms with Crippen LogP contribution in [0.2, 0.25) is 0 Å². The van der Waals surface area contributed by atoms with E-state index in [1.807, 2.05) is 25.1 Å². The number of ether oxygens (including phenoxy) is 1. The van der Waals surface area contributed by atoms with E-state index in [4.69, 9.17) is 4.74 Å². The minimum absolute atomic E-state index is 0.237. The molecule has 0 saturated carbocycles. The van der Waals surface area contributed by atoms with Crippen LogP contribution in [0.3, 0.4) is 0 Å². The summed E-state index contributed by atoms with van der Waals surface area (Å²) in [5, 5.41) is 9.28. The first-order valence-electron chi connectivity index (χ1n) is 5.92. The first-order chi connectivity index (χ1) is 9.60. The molecule has 1 amide bonds. The Hall–Kier alpha value is -2.08. The lowest BCUT2D eigenvalue weighted by Gasteiger charge is -2.05. The summed E-state index contributed by atoms with van der Waals surface area (Å²) < 4.78 is 6.16. The first kappa shape index (κ1) is 14.3. The molecule has 2 rings (SSSR count). The minimum Gasteiger partial charge on any atom is -0.496 e. The van der Waals surface area contributed by atoms with Gasteiger partial charge in [0.25, 0.3) is 0 Å². The van der Waals surface area contributed by atoms with Crippen molar-refractivity contribution in [2.75, 3.05) is 12.4 Å². The molecular weight excluding hydrogens is 322 g/mol. The number of rotatable bonds is 4. The van der Waals surface area contributed by atoms with Gasteiger partial charge in [0.15, 0.2) is 0 Å². The fourth-order valence-electron chi connectivity index (χ4n) is 1.64. The predicted molar refractivity (Wildman–Crippen MR) is 81.7 cm³/mol. The van der Waals surface area contributed by atoms with Crippen molar-refractivity contribution in [1.29, 1.82) is 0 Å². The summed E-state index contributed by atoms with van der Waals surface area (Å²) in [6, 6.07) is 5.59. The van der Waals surface area contributed by atoms with Crippen LogP contribution in [0.1, 0.15) is 11.1 Å². The number of aryl methyl sites for hydroxylation is 1. The minimum atomic E-state index is -0.237. The highest BCUT2D eigenvalue weighted by Gasteiger charge is 2.04. The Morgan fingerprint density at radius 1 is 1.50 bits per heavy atom. The van der Waals surface area contributed by atoms with Crippen LogP contribution in [0, 0.1) is 6.92 Å². The predicted octanol–water partition coefficient (Wildman–Crippen LogP) is 3.14. The molecule has 1 heterocycles. The number of aromatic amines is 1. The number of hydrogen-bond acceptors (Lipinski definition) is 3. The smallest absolute Gasteiger partial charge is 0.249 e. The SMILES string of the molecule is COc1ccc(Br)cc1/C=C/C(=O)Nc1[nH]ncc1C. The second-order valence-electron chi connectivity index (χ2n) is 4.14. The van der Waals surface area contributed by atoms with Crippen LogP contribution >= 0.6 is 15.9 Å². The molecule has 0 fully saturated rings. The van der Waals surface area contributed by atoms with Crippen molar-refractivity contribution in [2.45, 2.75) is 6.92 Å². The van der Waals surface area contributed by atoms with Gasteiger partial charge in [0.05, 0.1) is 13.3 Å². The monoisotopic (exact) mass is 335 g/mol. The molecule has 0 saturated heterocycles. The van der Waals surface area contributed by atoms with Gasteiger partial charge in [-0.3, -0.25) is 9.89 Å². The third kappa shape index (κ3) is 3.48. The van der Waals surface area contributed by atoms with Crippen LogP contribution in [-0.4, -0.2) is 23.2 Å². The molecule has 0 aliphatic rings. The molecule has 20 heavy (non-hydrogen) atoms. The van der Waals surface area contributed by atoms with E-state index < -0.39 is 0 Å². The van der Waals surface area contributed by atoms with E-state index in [0.29, 0.717) is 11.6 Å². The quantitative estimate of drug-likeness (QED) is 0.843. The van der Waals surface area contributed by atoms with Crippen molar-refractivity contribution in [3.8, 4) is 5.75 Å². The van der Waals surface area contributed by atoms with Crippen LogP contribution in [0.25, 0.3) is 6.08 Å². The zero-order valence-electron chi connectivity index (χ0n) is 11.1. The van der Waals surface area contributed by atoms with Crippen LogP contribution < -0.4 is 10.1 Å². The number of halogens is 1. The number of nitrogens with one attached hydrogen (secondary N) is 2. The molecule has 6 heteroatoms. The highest BCUT2D eigenvalue weighted by molar-refractivity contribution is 9.10. The van der Waals surface area contributed by atoms with Crippen molar-refractivity contribution in [3.63, 3.8) is 0 Å². The second kappa shape index (κ2) is 6.38. The molecule has 104 valence electrons. The number of methoxy groups -OCH3 is 1. The summed E-state index contributed by atoms with van der Waals surface area (Å²) in [6.07, 6.45) is 4.80. The van der Waals surface area contributed by atoms with E-state index in [9.17, 15) is 4.79 Å². The number of hydrogen-bond donors (Lipinski definition) is 2. The van der Waals surface area contributed by atoms with Gasteiger partial charge in [0, 0.05) is 21.7 Å². The standard InChI is InChI=1S/C14H14BrN3O2/c1-9-8-16-18-14(9)17-13(19)6-3-10-7-11(15)4-5-12(10)20-2/h3-8H,1-2H3,(H2,16,17,18,19)/b6-3+. The molecule has 1 aromatic heterocycles.